The molecule has 0 bridgehead atoms. The first-order valence-electron chi connectivity index (χ1n) is 4.64. The number of carboxylic acid groups (broad SMARTS) is 1. The predicted octanol–water partition coefficient (Wildman–Crippen LogP) is 1.23. The van der Waals surface area contributed by atoms with E-state index < -0.39 is 18.1 Å². The summed E-state index contributed by atoms with van der Waals surface area (Å²) in [5.41, 5.74) is 0. The fourth-order valence-corrected chi connectivity index (χ4v) is 1.33. The van der Waals surface area contributed by atoms with E-state index in [1.165, 1.54) is 7.11 Å². The molecule has 1 amide bonds. The first-order valence-corrected chi connectivity index (χ1v) is 4.64. The van der Waals surface area contributed by atoms with Crippen LogP contribution in [0.3, 0.4) is 0 Å². The summed E-state index contributed by atoms with van der Waals surface area (Å²) in [7, 11) is 1.21. The molecule has 5 nitrogen and oxygen atoms in total. The Kier molecular flexibility index (Phi) is 5.67. The van der Waals surface area contributed by atoms with Gasteiger partial charge in [-0.05, 0) is 5.92 Å². The minimum Gasteiger partial charge on any atom is -0.480 e. The number of hydrogen-bond acceptors (Lipinski definition) is 3. The average Bonchev–Trinajstić information content (AvgIpc) is 2.17. The number of amides is 1. The molecule has 0 aromatic carbocycles. The Morgan fingerprint density at radius 1 is 1.36 bits per heavy atom. The Labute approximate surface area is 83.4 Å². The van der Waals surface area contributed by atoms with Gasteiger partial charge in [0.15, 0.2) is 0 Å². The molecule has 0 aliphatic heterocycles. The van der Waals surface area contributed by atoms with Crippen molar-refractivity contribution in [1.29, 1.82) is 0 Å². The Bertz CT molecular complexity index is 201. The van der Waals surface area contributed by atoms with Gasteiger partial charge in [0, 0.05) is 0 Å². The highest BCUT2D eigenvalue weighted by Crippen LogP contribution is 2.13. The van der Waals surface area contributed by atoms with Gasteiger partial charge in [-0.2, -0.15) is 0 Å². The van der Waals surface area contributed by atoms with Gasteiger partial charge in [0.25, 0.3) is 0 Å². The molecular formula is C9H17NO4. The molecule has 0 aromatic heterocycles. The summed E-state index contributed by atoms with van der Waals surface area (Å²) in [5.74, 6) is -1.09. The molecule has 0 saturated heterocycles. The van der Waals surface area contributed by atoms with Gasteiger partial charge in [-0.3, -0.25) is 0 Å². The molecular weight excluding hydrogens is 186 g/mol. The summed E-state index contributed by atoms with van der Waals surface area (Å²) in [6, 6.07) is -0.863. The number of carboxylic acids is 1. The second kappa shape index (κ2) is 6.23. The van der Waals surface area contributed by atoms with Gasteiger partial charge >= 0.3 is 12.1 Å². The van der Waals surface area contributed by atoms with E-state index in [9.17, 15) is 9.59 Å². The third kappa shape index (κ3) is 3.64. The first-order chi connectivity index (χ1) is 6.56. The third-order valence-corrected chi connectivity index (χ3v) is 2.24. The maximum Gasteiger partial charge on any atom is 0.407 e. The largest absolute Gasteiger partial charge is 0.480 e. The number of ether oxygens (including phenoxy) is 1. The normalized spacial score (nSPS) is 12.3. The zero-order chi connectivity index (χ0) is 11.1. The maximum atomic E-state index is 10.9. The second-order valence-corrected chi connectivity index (χ2v) is 3.03. The number of nitrogens with one attached hydrogen (secondary N) is 1. The van der Waals surface area contributed by atoms with Crippen LogP contribution in [0.25, 0.3) is 0 Å². The van der Waals surface area contributed by atoms with Gasteiger partial charge in [0.2, 0.25) is 0 Å². The number of aliphatic carboxylic acids is 1. The number of carbonyl (C=O) groups is 2. The van der Waals surface area contributed by atoms with Crippen LogP contribution in [0, 0.1) is 5.92 Å². The van der Waals surface area contributed by atoms with Crippen LogP contribution in [0.2, 0.25) is 0 Å². The van der Waals surface area contributed by atoms with Crippen LogP contribution in [0.4, 0.5) is 4.79 Å². The topological polar surface area (TPSA) is 75.6 Å². The number of methoxy groups -OCH3 is 1. The van der Waals surface area contributed by atoms with Gasteiger partial charge in [-0.1, -0.05) is 26.7 Å². The molecule has 0 heterocycles. The lowest BCUT2D eigenvalue weighted by Crippen LogP contribution is -2.45. The smallest absolute Gasteiger partial charge is 0.407 e. The Morgan fingerprint density at radius 2 is 1.86 bits per heavy atom. The predicted molar refractivity (Wildman–Crippen MR) is 51.0 cm³/mol. The molecule has 0 radical (unpaired) electrons. The van der Waals surface area contributed by atoms with E-state index >= 15 is 0 Å². The third-order valence-electron chi connectivity index (χ3n) is 2.24. The number of rotatable bonds is 5. The molecule has 0 aliphatic rings. The number of carbonyl (C=O) groups excluding carboxylic acids is 1. The van der Waals surface area contributed by atoms with E-state index in [4.69, 9.17) is 5.11 Å². The summed E-state index contributed by atoms with van der Waals surface area (Å²) >= 11 is 0. The van der Waals surface area contributed by atoms with Gasteiger partial charge in [0.1, 0.15) is 6.04 Å². The van der Waals surface area contributed by atoms with Gasteiger partial charge in [0.05, 0.1) is 7.11 Å². The van der Waals surface area contributed by atoms with Crippen molar-refractivity contribution in [3.05, 3.63) is 0 Å². The highest BCUT2D eigenvalue weighted by atomic mass is 16.5. The van der Waals surface area contributed by atoms with E-state index in [1.807, 2.05) is 13.8 Å². The highest BCUT2D eigenvalue weighted by molar-refractivity contribution is 5.80. The van der Waals surface area contributed by atoms with Crippen molar-refractivity contribution < 1.29 is 19.4 Å². The van der Waals surface area contributed by atoms with Crippen LogP contribution in [-0.2, 0) is 9.53 Å². The zero-order valence-corrected chi connectivity index (χ0v) is 8.74. The monoisotopic (exact) mass is 203 g/mol. The van der Waals surface area contributed by atoms with Crippen molar-refractivity contribution in [2.45, 2.75) is 32.7 Å². The lowest BCUT2D eigenvalue weighted by atomic mass is 9.94. The van der Waals surface area contributed by atoms with Crippen LogP contribution in [0.1, 0.15) is 26.7 Å². The van der Waals surface area contributed by atoms with E-state index in [0.717, 1.165) is 0 Å². The van der Waals surface area contributed by atoms with Crippen molar-refractivity contribution in [3.8, 4) is 0 Å². The van der Waals surface area contributed by atoms with Crippen LogP contribution in [0.5, 0.6) is 0 Å². The van der Waals surface area contributed by atoms with E-state index in [0.29, 0.717) is 12.8 Å². The highest BCUT2D eigenvalue weighted by Gasteiger charge is 2.27. The fourth-order valence-electron chi connectivity index (χ4n) is 1.33. The Hall–Kier alpha value is -1.26. The molecule has 1 atom stereocenters. The minimum absolute atomic E-state index is 0.0633. The second-order valence-electron chi connectivity index (χ2n) is 3.03. The first kappa shape index (κ1) is 12.7. The molecule has 2 N–H and O–H groups in total. The molecule has 5 heteroatoms. The maximum absolute atomic E-state index is 10.9. The molecule has 0 saturated carbocycles. The molecule has 0 fully saturated rings. The van der Waals surface area contributed by atoms with Crippen molar-refractivity contribution in [3.63, 3.8) is 0 Å². The molecule has 0 rings (SSSR count). The average molecular weight is 203 g/mol. The quantitative estimate of drug-likeness (QED) is 0.704. The number of alkyl carbamates (subject to hydrolysis) is 1. The SMILES string of the molecule is CCC(CC)[C@H](NC(=O)OC)C(=O)O. The molecule has 0 spiro atoms. The van der Waals surface area contributed by atoms with Crippen LogP contribution >= 0.6 is 0 Å². The van der Waals surface area contributed by atoms with Crippen LogP contribution in [-0.4, -0.2) is 30.3 Å². The molecule has 0 aliphatic carbocycles. The summed E-state index contributed by atoms with van der Waals surface area (Å²) < 4.78 is 4.36. The lowest BCUT2D eigenvalue weighted by Gasteiger charge is -2.21. The van der Waals surface area contributed by atoms with Crippen molar-refractivity contribution in [1.82, 2.24) is 5.32 Å². The van der Waals surface area contributed by atoms with Gasteiger partial charge < -0.3 is 15.2 Å². The molecule has 82 valence electrons. The Morgan fingerprint density at radius 3 is 2.14 bits per heavy atom. The summed E-state index contributed by atoms with van der Waals surface area (Å²) in [6.45, 7) is 3.78. The van der Waals surface area contributed by atoms with E-state index in [2.05, 4.69) is 10.1 Å². The van der Waals surface area contributed by atoms with Crippen LogP contribution in [0.15, 0.2) is 0 Å². The van der Waals surface area contributed by atoms with Gasteiger partial charge in [-0.25, -0.2) is 9.59 Å². The summed E-state index contributed by atoms with van der Waals surface area (Å²) in [5, 5.41) is 11.2. The Balaban J connectivity index is 4.42. The molecule has 14 heavy (non-hydrogen) atoms. The van der Waals surface area contributed by atoms with Crippen molar-refractivity contribution in [2.24, 2.45) is 5.92 Å². The van der Waals surface area contributed by atoms with Gasteiger partial charge in [-0.15, -0.1) is 0 Å². The summed E-state index contributed by atoms with van der Waals surface area (Å²) in [4.78, 5) is 21.7. The van der Waals surface area contributed by atoms with Crippen LogP contribution < -0.4 is 5.32 Å². The minimum atomic E-state index is -1.02. The van der Waals surface area contributed by atoms with E-state index in [-0.39, 0.29) is 5.92 Å². The van der Waals surface area contributed by atoms with Crippen molar-refractivity contribution >= 4 is 12.1 Å². The van der Waals surface area contributed by atoms with E-state index in [1.54, 1.807) is 0 Å². The fraction of sp³-hybridized carbons (Fsp3) is 0.778. The standard InChI is InChI=1S/C9H17NO4/c1-4-6(5-2)7(8(11)12)10-9(13)14-3/h6-7H,4-5H2,1-3H3,(H,10,13)(H,11,12)/t7-/m0/s1. The van der Waals surface area contributed by atoms with Crippen molar-refractivity contribution in [2.75, 3.05) is 7.11 Å². The number of hydrogen-bond donors (Lipinski definition) is 2. The zero-order valence-electron chi connectivity index (χ0n) is 8.74. The molecule has 0 aromatic rings. The molecule has 0 unspecified atom stereocenters. The summed E-state index contributed by atoms with van der Waals surface area (Å²) in [6.07, 6.45) is 0.707. The lowest BCUT2D eigenvalue weighted by molar-refractivity contribution is -0.140.